The lowest BCUT2D eigenvalue weighted by Crippen LogP contribution is -2.14. The van der Waals surface area contributed by atoms with Crippen LogP contribution in [0, 0.1) is 6.92 Å². The van der Waals surface area contributed by atoms with Crippen LogP contribution in [0.2, 0.25) is 0 Å². The minimum atomic E-state index is -1.23. The number of hydrogen-bond acceptors (Lipinski definition) is 4. The zero-order valence-electron chi connectivity index (χ0n) is 10.5. The number of aromatic amines is 1. The van der Waals surface area contributed by atoms with Crippen LogP contribution in [-0.2, 0) is 0 Å². The van der Waals surface area contributed by atoms with Crippen molar-refractivity contribution in [3.63, 3.8) is 0 Å². The van der Waals surface area contributed by atoms with Crippen molar-refractivity contribution >= 4 is 17.6 Å². The molecule has 0 saturated heterocycles. The number of rotatable bonds is 3. The molecule has 7 heteroatoms. The number of carbonyl (C=O) groups excluding carboxylic acids is 1. The molecule has 0 unspecified atom stereocenters. The van der Waals surface area contributed by atoms with Gasteiger partial charge < -0.3 is 25.6 Å². The summed E-state index contributed by atoms with van der Waals surface area (Å²) in [5.74, 6) is -2.82. The normalized spacial score (nSPS) is 10.2. The van der Waals surface area contributed by atoms with Gasteiger partial charge in [0.25, 0.3) is 5.91 Å². The summed E-state index contributed by atoms with van der Waals surface area (Å²) >= 11 is 0. The van der Waals surface area contributed by atoms with E-state index in [0.29, 0.717) is 5.69 Å². The molecular formula is C13H12N2O5. The van der Waals surface area contributed by atoms with Crippen molar-refractivity contribution in [2.45, 2.75) is 6.92 Å². The van der Waals surface area contributed by atoms with E-state index in [-0.39, 0.29) is 16.9 Å². The molecule has 0 radical (unpaired) electrons. The number of carboxylic acids is 1. The second kappa shape index (κ2) is 4.96. The fourth-order valence-corrected chi connectivity index (χ4v) is 1.80. The number of hydrogen-bond donors (Lipinski definition) is 5. The summed E-state index contributed by atoms with van der Waals surface area (Å²) < 4.78 is 0. The monoisotopic (exact) mass is 276 g/mol. The second-order valence-electron chi connectivity index (χ2n) is 4.17. The van der Waals surface area contributed by atoms with Crippen LogP contribution >= 0.6 is 0 Å². The Bertz CT molecular complexity index is 670. The van der Waals surface area contributed by atoms with Crippen LogP contribution in [0.15, 0.2) is 24.3 Å². The molecule has 20 heavy (non-hydrogen) atoms. The van der Waals surface area contributed by atoms with E-state index in [1.165, 1.54) is 24.3 Å². The highest BCUT2D eigenvalue weighted by Gasteiger charge is 2.20. The molecule has 1 aromatic carbocycles. The molecule has 2 aromatic rings. The molecular weight excluding hydrogens is 264 g/mol. The Balaban J connectivity index is 2.35. The maximum absolute atomic E-state index is 12.0. The van der Waals surface area contributed by atoms with Crippen LogP contribution in [0.25, 0.3) is 0 Å². The summed E-state index contributed by atoms with van der Waals surface area (Å²) in [5.41, 5.74) is 0.121. The number of aromatic hydroxyl groups is 2. The Kier molecular flexibility index (Phi) is 3.34. The van der Waals surface area contributed by atoms with E-state index in [0.717, 1.165) is 0 Å². The van der Waals surface area contributed by atoms with E-state index in [9.17, 15) is 19.8 Å². The second-order valence-corrected chi connectivity index (χ2v) is 4.17. The minimum absolute atomic E-state index is 0.0580. The first kappa shape index (κ1) is 13.5. The molecule has 0 bridgehead atoms. The molecule has 0 saturated carbocycles. The van der Waals surface area contributed by atoms with Gasteiger partial charge in [-0.2, -0.15) is 0 Å². The van der Waals surface area contributed by atoms with Crippen molar-refractivity contribution in [1.29, 1.82) is 0 Å². The average molecular weight is 276 g/mol. The summed E-state index contributed by atoms with van der Waals surface area (Å²) in [6.07, 6.45) is 0. The van der Waals surface area contributed by atoms with Gasteiger partial charge in [0, 0.05) is 5.69 Å². The van der Waals surface area contributed by atoms with Gasteiger partial charge in [-0.3, -0.25) is 4.79 Å². The molecule has 5 N–H and O–H groups in total. The number of anilines is 1. The number of H-pyrrole nitrogens is 1. The highest BCUT2D eigenvalue weighted by molar-refractivity contribution is 6.10. The average Bonchev–Trinajstić information content (AvgIpc) is 2.70. The predicted molar refractivity (Wildman–Crippen MR) is 70.2 cm³/mol. The maximum Gasteiger partial charge on any atom is 0.354 e. The Labute approximate surface area is 113 Å². The van der Waals surface area contributed by atoms with Crippen molar-refractivity contribution in [1.82, 2.24) is 4.98 Å². The summed E-state index contributed by atoms with van der Waals surface area (Å²) in [4.78, 5) is 25.6. The van der Waals surface area contributed by atoms with Gasteiger partial charge in [-0.1, -0.05) is 6.07 Å². The number of aromatic nitrogens is 1. The fraction of sp³-hybridized carbons (Fsp3) is 0.0769. The number of carbonyl (C=O) groups is 2. The van der Waals surface area contributed by atoms with E-state index in [1.54, 1.807) is 6.92 Å². The lowest BCUT2D eigenvalue weighted by atomic mass is 10.1. The third kappa shape index (κ3) is 2.41. The molecule has 2 rings (SSSR count). The van der Waals surface area contributed by atoms with Gasteiger partial charge in [-0.15, -0.1) is 0 Å². The van der Waals surface area contributed by atoms with Crippen LogP contribution in [0.5, 0.6) is 11.5 Å². The van der Waals surface area contributed by atoms with Crippen LogP contribution in [0.3, 0.4) is 0 Å². The zero-order chi connectivity index (χ0) is 14.9. The standard InChI is InChI=1S/C13H12N2O5/c1-6-5-7(11(14-6)13(19)20)15-12(18)10-8(16)3-2-4-9(10)17/h2-5,14,16-17H,1H3,(H,15,18)(H,19,20). The van der Waals surface area contributed by atoms with Gasteiger partial charge in [-0.25, -0.2) is 4.79 Å². The number of aromatic carboxylic acids is 1. The van der Waals surface area contributed by atoms with Crippen LogP contribution < -0.4 is 5.32 Å². The van der Waals surface area contributed by atoms with Crippen molar-refractivity contribution in [2.24, 2.45) is 0 Å². The molecule has 0 aliphatic heterocycles. The van der Waals surface area contributed by atoms with E-state index >= 15 is 0 Å². The Morgan fingerprint density at radius 1 is 1.20 bits per heavy atom. The third-order valence-electron chi connectivity index (χ3n) is 2.66. The van der Waals surface area contributed by atoms with Crippen molar-refractivity contribution in [3.05, 3.63) is 41.2 Å². The smallest absolute Gasteiger partial charge is 0.354 e. The predicted octanol–water partition coefficient (Wildman–Crippen LogP) is 1.68. The third-order valence-corrected chi connectivity index (χ3v) is 2.66. The highest BCUT2D eigenvalue weighted by Crippen LogP contribution is 2.28. The number of amides is 1. The lowest BCUT2D eigenvalue weighted by molar-refractivity contribution is 0.0692. The fourth-order valence-electron chi connectivity index (χ4n) is 1.80. The number of benzene rings is 1. The quantitative estimate of drug-likeness (QED) is 0.583. The maximum atomic E-state index is 12.0. The number of nitrogens with one attached hydrogen (secondary N) is 2. The number of phenolic OH excluding ortho intramolecular Hbond substituents is 2. The minimum Gasteiger partial charge on any atom is -0.507 e. The van der Waals surface area contributed by atoms with Crippen molar-refractivity contribution in [3.8, 4) is 11.5 Å². The number of aryl methyl sites for hydroxylation is 1. The van der Waals surface area contributed by atoms with Crippen LogP contribution in [0.4, 0.5) is 5.69 Å². The van der Waals surface area contributed by atoms with Crippen molar-refractivity contribution in [2.75, 3.05) is 5.32 Å². The van der Waals surface area contributed by atoms with E-state index < -0.39 is 23.4 Å². The van der Waals surface area contributed by atoms with Crippen LogP contribution in [-0.4, -0.2) is 32.2 Å². The molecule has 0 spiro atoms. The summed E-state index contributed by atoms with van der Waals surface area (Å²) in [7, 11) is 0. The molecule has 0 atom stereocenters. The number of phenols is 2. The van der Waals surface area contributed by atoms with Gasteiger partial charge in [-0.05, 0) is 25.1 Å². The SMILES string of the molecule is Cc1cc(NC(=O)c2c(O)cccc2O)c(C(=O)O)[nH]1. The topological polar surface area (TPSA) is 123 Å². The summed E-state index contributed by atoms with van der Waals surface area (Å²) in [6, 6.07) is 5.31. The molecule has 1 amide bonds. The Morgan fingerprint density at radius 2 is 1.80 bits per heavy atom. The van der Waals surface area contributed by atoms with Gasteiger partial charge >= 0.3 is 5.97 Å². The Hall–Kier alpha value is -2.96. The van der Waals surface area contributed by atoms with Gasteiger partial charge in [0.15, 0.2) is 0 Å². The lowest BCUT2D eigenvalue weighted by Gasteiger charge is -2.07. The summed E-state index contributed by atoms with van der Waals surface area (Å²) in [5, 5.41) is 30.5. The van der Waals surface area contributed by atoms with Gasteiger partial charge in [0.05, 0.1) is 5.69 Å². The molecule has 1 heterocycles. The van der Waals surface area contributed by atoms with Crippen molar-refractivity contribution < 1.29 is 24.9 Å². The first-order valence-corrected chi connectivity index (χ1v) is 5.65. The van der Waals surface area contributed by atoms with E-state index in [1.807, 2.05) is 0 Å². The van der Waals surface area contributed by atoms with E-state index in [4.69, 9.17) is 5.11 Å². The van der Waals surface area contributed by atoms with Gasteiger partial charge in [0.1, 0.15) is 22.8 Å². The summed E-state index contributed by atoms with van der Waals surface area (Å²) in [6.45, 7) is 1.64. The molecule has 0 aliphatic rings. The molecule has 7 nitrogen and oxygen atoms in total. The molecule has 0 aliphatic carbocycles. The largest absolute Gasteiger partial charge is 0.507 e. The van der Waals surface area contributed by atoms with E-state index in [2.05, 4.69) is 10.3 Å². The molecule has 104 valence electrons. The highest BCUT2D eigenvalue weighted by atomic mass is 16.4. The van der Waals surface area contributed by atoms with Crippen LogP contribution in [0.1, 0.15) is 26.5 Å². The molecule has 0 fully saturated rings. The first-order valence-electron chi connectivity index (χ1n) is 5.65. The first-order chi connectivity index (χ1) is 9.40. The number of carboxylic acid groups (broad SMARTS) is 1. The van der Waals surface area contributed by atoms with Gasteiger partial charge in [0.2, 0.25) is 0 Å². The Morgan fingerprint density at radius 3 is 2.35 bits per heavy atom. The zero-order valence-corrected chi connectivity index (χ0v) is 10.5. The molecule has 1 aromatic heterocycles.